The van der Waals surface area contributed by atoms with E-state index in [0.29, 0.717) is 23.0 Å². The van der Waals surface area contributed by atoms with Gasteiger partial charge in [0.2, 0.25) is 0 Å². The number of amides is 1. The van der Waals surface area contributed by atoms with E-state index in [0.717, 1.165) is 26.1 Å². The number of benzene rings is 1. The molecule has 1 heterocycles. The van der Waals surface area contributed by atoms with E-state index in [1.807, 2.05) is 4.90 Å². The summed E-state index contributed by atoms with van der Waals surface area (Å²) in [6.07, 6.45) is 1.03. The molecule has 5 nitrogen and oxygen atoms in total. The molecule has 5 heteroatoms. The van der Waals surface area contributed by atoms with Crippen molar-refractivity contribution >= 4 is 11.6 Å². The molecule has 1 fully saturated rings. The first-order chi connectivity index (χ1) is 9.58. The van der Waals surface area contributed by atoms with Crippen LogP contribution in [-0.2, 0) is 0 Å². The zero-order chi connectivity index (χ0) is 14.7. The predicted molar refractivity (Wildman–Crippen MR) is 80.0 cm³/mol. The van der Waals surface area contributed by atoms with Gasteiger partial charge in [0.25, 0.3) is 5.91 Å². The van der Waals surface area contributed by atoms with E-state index < -0.39 is 0 Å². The molecule has 1 aromatic carbocycles. The van der Waals surface area contributed by atoms with E-state index in [1.165, 1.54) is 0 Å². The second kappa shape index (κ2) is 6.13. The molecule has 110 valence electrons. The largest absolute Gasteiger partial charge is 0.496 e. The van der Waals surface area contributed by atoms with Gasteiger partial charge >= 0.3 is 0 Å². The molecular weight excluding hydrogens is 254 g/mol. The molecule has 1 amide bonds. The van der Waals surface area contributed by atoms with Gasteiger partial charge in [-0.2, -0.15) is 0 Å². The first-order valence-corrected chi connectivity index (χ1v) is 7.00. The smallest absolute Gasteiger partial charge is 0.259 e. The Morgan fingerprint density at radius 3 is 2.85 bits per heavy atom. The van der Waals surface area contributed by atoms with Crippen LogP contribution in [0.2, 0.25) is 0 Å². The van der Waals surface area contributed by atoms with Crippen LogP contribution in [0.25, 0.3) is 0 Å². The molecule has 1 unspecified atom stereocenters. The molecule has 0 radical (unpaired) electrons. The maximum Gasteiger partial charge on any atom is 0.259 e. The van der Waals surface area contributed by atoms with Gasteiger partial charge in [-0.25, -0.2) is 0 Å². The van der Waals surface area contributed by atoms with Crippen LogP contribution < -0.4 is 10.5 Å². The minimum absolute atomic E-state index is 0.0356. The Morgan fingerprint density at radius 1 is 1.45 bits per heavy atom. The molecule has 20 heavy (non-hydrogen) atoms. The standard InChI is InChI=1S/C15H23N3O2/c1-4-11-10-18(9-8-17(11)2)15(19)14-12(16)6-5-7-13(14)20-3/h5-7,11H,4,8-10,16H2,1-3H3. The number of nitrogens with two attached hydrogens (primary N) is 1. The van der Waals surface area contributed by atoms with Gasteiger partial charge in [0.15, 0.2) is 0 Å². The van der Waals surface area contributed by atoms with Gasteiger partial charge in [0, 0.05) is 31.4 Å². The third kappa shape index (κ3) is 2.72. The first kappa shape index (κ1) is 14.7. The lowest BCUT2D eigenvalue weighted by molar-refractivity contribution is 0.0540. The average molecular weight is 277 g/mol. The summed E-state index contributed by atoms with van der Waals surface area (Å²) in [5, 5.41) is 0. The highest BCUT2D eigenvalue weighted by molar-refractivity contribution is 6.02. The number of methoxy groups -OCH3 is 1. The summed E-state index contributed by atoms with van der Waals surface area (Å²) in [4.78, 5) is 16.9. The van der Waals surface area contributed by atoms with E-state index in [1.54, 1.807) is 25.3 Å². The minimum atomic E-state index is -0.0356. The van der Waals surface area contributed by atoms with Gasteiger partial charge in [0.05, 0.1) is 7.11 Å². The summed E-state index contributed by atoms with van der Waals surface area (Å²) in [5.41, 5.74) is 6.92. The number of hydrogen-bond acceptors (Lipinski definition) is 4. The number of nitrogens with zero attached hydrogens (tertiary/aromatic N) is 2. The highest BCUT2D eigenvalue weighted by Crippen LogP contribution is 2.26. The molecule has 0 bridgehead atoms. The van der Waals surface area contributed by atoms with Crippen molar-refractivity contribution in [1.29, 1.82) is 0 Å². The number of hydrogen-bond donors (Lipinski definition) is 1. The highest BCUT2D eigenvalue weighted by atomic mass is 16.5. The topological polar surface area (TPSA) is 58.8 Å². The number of ether oxygens (including phenoxy) is 1. The van der Waals surface area contributed by atoms with Crippen LogP contribution in [-0.4, -0.2) is 55.5 Å². The molecule has 2 N–H and O–H groups in total. The maximum atomic E-state index is 12.7. The van der Waals surface area contributed by atoms with Crippen LogP contribution in [0.1, 0.15) is 23.7 Å². The summed E-state index contributed by atoms with van der Waals surface area (Å²) in [7, 11) is 3.66. The Labute approximate surface area is 120 Å². The van der Waals surface area contributed by atoms with Crippen molar-refractivity contribution in [3.63, 3.8) is 0 Å². The highest BCUT2D eigenvalue weighted by Gasteiger charge is 2.29. The number of rotatable bonds is 3. The quantitative estimate of drug-likeness (QED) is 0.849. The molecule has 1 aromatic rings. The Morgan fingerprint density at radius 2 is 2.20 bits per heavy atom. The molecule has 0 spiro atoms. The SMILES string of the molecule is CCC1CN(C(=O)c2c(N)cccc2OC)CCN1C. The van der Waals surface area contributed by atoms with Crippen molar-refractivity contribution in [3.05, 3.63) is 23.8 Å². The third-order valence-electron chi connectivity index (χ3n) is 4.03. The molecule has 1 saturated heterocycles. The Hall–Kier alpha value is -1.75. The summed E-state index contributed by atoms with van der Waals surface area (Å²) in [6.45, 7) is 4.50. The van der Waals surface area contributed by atoms with Gasteiger partial charge < -0.3 is 15.4 Å². The molecule has 1 aliphatic heterocycles. The first-order valence-electron chi connectivity index (χ1n) is 7.00. The fourth-order valence-electron chi connectivity index (χ4n) is 2.68. The second-order valence-electron chi connectivity index (χ2n) is 5.22. The molecule has 2 rings (SSSR count). The van der Waals surface area contributed by atoms with Crippen molar-refractivity contribution in [3.8, 4) is 5.75 Å². The molecule has 0 aromatic heterocycles. The predicted octanol–water partition coefficient (Wildman–Crippen LogP) is 1.44. The van der Waals surface area contributed by atoms with Gasteiger partial charge in [0.1, 0.15) is 11.3 Å². The van der Waals surface area contributed by atoms with E-state index in [2.05, 4.69) is 18.9 Å². The van der Waals surface area contributed by atoms with Crippen LogP contribution in [0.5, 0.6) is 5.75 Å². The minimum Gasteiger partial charge on any atom is -0.496 e. The normalized spacial score (nSPS) is 19.9. The van der Waals surface area contributed by atoms with Crippen molar-refractivity contribution in [2.24, 2.45) is 0 Å². The van der Waals surface area contributed by atoms with E-state index in [4.69, 9.17) is 10.5 Å². The third-order valence-corrected chi connectivity index (χ3v) is 4.03. The lowest BCUT2D eigenvalue weighted by atomic mass is 10.1. The second-order valence-corrected chi connectivity index (χ2v) is 5.22. The Kier molecular flexibility index (Phi) is 4.49. The number of likely N-dealkylation sites (N-methyl/N-ethyl adjacent to an activating group) is 1. The van der Waals surface area contributed by atoms with Gasteiger partial charge in [-0.1, -0.05) is 13.0 Å². The van der Waals surface area contributed by atoms with E-state index in [9.17, 15) is 4.79 Å². The monoisotopic (exact) mass is 277 g/mol. The van der Waals surface area contributed by atoms with Crippen LogP contribution in [0.15, 0.2) is 18.2 Å². The van der Waals surface area contributed by atoms with E-state index >= 15 is 0 Å². The van der Waals surface area contributed by atoms with Crippen LogP contribution in [0.3, 0.4) is 0 Å². The number of piperazine rings is 1. The van der Waals surface area contributed by atoms with Gasteiger partial charge in [-0.05, 0) is 25.6 Å². The van der Waals surface area contributed by atoms with Crippen molar-refractivity contribution in [1.82, 2.24) is 9.80 Å². The van der Waals surface area contributed by atoms with Gasteiger partial charge in [-0.3, -0.25) is 9.69 Å². The lowest BCUT2D eigenvalue weighted by Gasteiger charge is -2.39. The van der Waals surface area contributed by atoms with Crippen LogP contribution >= 0.6 is 0 Å². The van der Waals surface area contributed by atoms with Crippen LogP contribution in [0.4, 0.5) is 5.69 Å². The molecule has 0 aliphatic carbocycles. The Balaban J connectivity index is 2.24. The number of carbonyl (C=O) groups is 1. The van der Waals surface area contributed by atoms with Crippen molar-refractivity contribution in [2.45, 2.75) is 19.4 Å². The van der Waals surface area contributed by atoms with Crippen molar-refractivity contribution < 1.29 is 9.53 Å². The van der Waals surface area contributed by atoms with Crippen molar-refractivity contribution in [2.75, 3.05) is 39.5 Å². The maximum absolute atomic E-state index is 12.7. The molecule has 0 saturated carbocycles. The molecular formula is C15H23N3O2. The van der Waals surface area contributed by atoms with Gasteiger partial charge in [-0.15, -0.1) is 0 Å². The molecule has 1 aliphatic rings. The lowest BCUT2D eigenvalue weighted by Crippen LogP contribution is -2.53. The summed E-state index contributed by atoms with van der Waals surface area (Å²) < 4.78 is 5.27. The fourth-order valence-corrected chi connectivity index (χ4v) is 2.68. The number of carbonyl (C=O) groups excluding carboxylic acids is 1. The number of nitrogen functional groups attached to an aromatic ring is 1. The number of anilines is 1. The zero-order valence-corrected chi connectivity index (χ0v) is 12.4. The average Bonchev–Trinajstić information content (AvgIpc) is 2.46. The summed E-state index contributed by atoms with van der Waals surface area (Å²) >= 11 is 0. The van der Waals surface area contributed by atoms with E-state index in [-0.39, 0.29) is 5.91 Å². The van der Waals surface area contributed by atoms with Crippen LogP contribution in [0, 0.1) is 0 Å². The molecule has 1 atom stereocenters. The fraction of sp³-hybridized carbons (Fsp3) is 0.533. The summed E-state index contributed by atoms with van der Waals surface area (Å²) in [5.74, 6) is 0.508. The summed E-state index contributed by atoms with van der Waals surface area (Å²) in [6, 6.07) is 5.72. The zero-order valence-electron chi connectivity index (χ0n) is 12.4. The Bertz CT molecular complexity index is 490.